The van der Waals surface area contributed by atoms with Crippen LogP contribution in [0.15, 0.2) is 42.5 Å². The van der Waals surface area contributed by atoms with Crippen LogP contribution in [-0.2, 0) is 12.8 Å². The van der Waals surface area contributed by atoms with E-state index in [1.54, 1.807) is 0 Å². The Hall–Kier alpha value is -1.93. The molecule has 0 bridgehead atoms. The van der Waals surface area contributed by atoms with Gasteiger partial charge in [0.1, 0.15) is 0 Å². The lowest BCUT2D eigenvalue weighted by atomic mass is 9.95. The van der Waals surface area contributed by atoms with Crippen molar-refractivity contribution >= 4 is 5.78 Å². The van der Waals surface area contributed by atoms with Crippen LogP contribution in [-0.4, -0.2) is 12.3 Å². The topological polar surface area (TPSA) is 43.1 Å². The van der Waals surface area contributed by atoms with E-state index >= 15 is 0 Å². The van der Waals surface area contributed by atoms with Gasteiger partial charge in [0, 0.05) is 12.0 Å². The first-order valence-corrected chi connectivity index (χ1v) is 6.99. The van der Waals surface area contributed by atoms with Crippen LogP contribution in [0.1, 0.15) is 32.6 Å². The van der Waals surface area contributed by atoms with Crippen molar-refractivity contribution in [2.75, 3.05) is 6.54 Å². The quantitative estimate of drug-likeness (QED) is 0.845. The fraction of sp³-hybridized carbons (Fsp3) is 0.278. The molecule has 0 heterocycles. The van der Waals surface area contributed by atoms with Crippen LogP contribution in [0, 0.1) is 13.8 Å². The fourth-order valence-electron chi connectivity index (χ4n) is 2.41. The van der Waals surface area contributed by atoms with Gasteiger partial charge in [-0.25, -0.2) is 0 Å². The van der Waals surface area contributed by atoms with E-state index < -0.39 is 0 Å². The van der Waals surface area contributed by atoms with Crippen molar-refractivity contribution in [2.45, 2.75) is 26.7 Å². The van der Waals surface area contributed by atoms with Crippen LogP contribution < -0.4 is 5.73 Å². The van der Waals surface area contributed by atoms with Crippen LogP contribution in [0.5, 0.6) is 0 Å². The number of Topliss-reactive ketones (excluding diaryl/α,β-unsaturated/α-hetero) is 1. The van der Waals surface area contributed by atoms with E-state index in [1.165, 1.54) is 16.7 Å². The van der Waals surface area contributed by atoms with E-state index in [0.717, 1.165) is 17.5 Å². The van der Waals surface area contributed by atoms with E-state index in [0.29, 0.717) is 13.0 Å². The number of carbonyl (C=O) groups excluding carboxylic acids is 1. The maximum Gasteiger partial charge on any atom is 0.167 e. The summed E-state index contributed by atoms with van der Waals surface area (Å²) in [6.07, 6.45) is 1.32. The van der Waals surface area contributed by atoms with Crippen molar-refractivity contribution < 1.29 is 4.79 Å². The van der Waals surface area contributed by atoms with Gasteiger partial charge in [-0.2, -0.15) is 0 Å². The Morgan fingerprint density at radius 1 is 1.00 bits per heavy atom. The van der Waals surface area contributed by atoms with Crippen LogP contribution in [0.3, 0.4) is 0 Å². The molecule has 0 aliphatic carbocycles. The largest absolute Gasteiger partial charge is 0.330 e. The van der Waals surface area contributed by atoms with Gasteiger partial charge in [-0.3, -0.25) is 4.79 Å². The van der Waals surface area contributed by atoms with Crippen LogP contribution in [0.25, 0.3) is 0 Å². The molecule has 0 fully saturated rings. The van der Waals surface area contributed by atoms with Gasteiger partial charge >= 0.3 is 0 Å². The summed E-state index contributed by atoms with van der Waals surface area (Å²) < 4.78 is 0. The molecular formula is C18H21NO. The Bertz CT molecular complexity index is 579. The summed E-state index contributed by atoms with van der Waals surface area (Å²) in [5, 5.41) is 0. The van der Waals surface area contributed by atoms with Crippen molar-refractivity contribution in [1.29, 1.82) is 0 Å². The Balaban J connectivity index is 2.16. The molecule has 0 aromatic heterocycles. The summed E-state index contributed by atoms with van der Waals surface area (Å²) in [5.41, 5.74) is 11.0. The Labute approximate surface area is 120 Å². The molecule has 0 aliphatic heterocycles. The standard InChI is InChI=1S/C18H21NO/c1-13-4-3-5-14(2)17(13)12-18(20)16-8-6-15(7-9-16)10-11-19/h3-9H,10-12,19H2,1-2H3. The van der Waals surface area contributed by atoms with Crippen molar-refractivity contribution in [3.8, 4) is 0 Å². The predicted molar refractivity (Wildman–Crippen MR) is 83.2 cm³/mol. The second-order valence-corrected chi connectivity index (χ2v) is 5.21. The smallest absolute Gasteiger partial charge is 0.167 e. The molecule has 2 aromatic carbocycles. The molecular weight excluding hydrogens is 246 g/mol. The van der Waals surface area contributed by atoms with Crippen LogP contribution in [0.4, 0.5) is 0 Å². The minimum absolute atomic E-state index is 0.168. The summed E-state index contributed by atoms with van der Waals surface area (Å²) in [6.45, 7) is 4.75. The zero-order valence-electron chi connectivity index (χ0n) is 12.1. The first kappa shape index (κ1) is 14.5. The van der Waals surface area contributed by atoms with Crippen molar-refractivity contribution in [1.82, 2.24) is 0 Å². The predicted octanol–water partition coefficient (Wildman–Crippen LogP) is 3.23. The summed E-state index contributed by atoms with van der Waals surface area (Å²) in [4.78, 5) is 12.4. The summed E-state index contributed by atoms with van der Waals surface area (Å²) >= 11 is 0. The lowest BCUT2D eigenvalue weighted by Gasteiger charge is -2.09. The summed E-state index contributed by atoms with van der Waals surface area (Å²) in [5.74, 6) is 0.168. The van der Waals surface area contributed by atoms with E-state index in [9.17, 15) is 4.79 Å². The van der Waals surface area contributed by atoms with Gasteiger partial charge in [-0.05, 0) is 49.1 Å². The lowest BCUT2D eigenvalue weighted by Crippen LogP contribution is -2.07. The highest BCUT2D eigenvalue weighted by Gasteiger charge is 2.10. The molecule has 2 heteroatoms. The molecule has 2 N–H and O–H groups in total. The highest BCUT2D eigenvalue weighted by atomic mass is 16.1. The van der Waals surface area contributed by atoms with Crippen LogP contribution >= 0.6 is 0 Å². The second-order valence-electron chi connectivity index (χ2n) is 5.21. The van der Waals surface area contributed by atoms with E-state index in [2.05, 4.69) is 26.0 Å². The van der Waals surface area contributed by atoms with E-state index in [-0.39, 0.29) is 5.78 Å². The first-order valence-electron chi connectivity index (χ1n) is 6.99. The number of carbonyl (C=O) groups is 1. The minimum atomic E-state index is 0.168. The molecule has 2 aromatic rings. The number of benzene rings is 2. The van der Waals surface area contributed by atoms with Crippen molar-refractivity contribution in [3.63, 3.8) is 0 Å². The third kappa shape index (κ3) is 3.34. The Morgan fingerprint density at radius 3 is 2.15 bits per heavy atom. The van der Waals surface area contributed by atoms with Crippen LogP contribution in [0.2, 0.25) is 0 Å². The average Bonchev–Trinajstić information content (AvgIpc) is 2.44. The van der Waals surface area contributed by atoms with Gasteiger partial charge < -0.3 is 5.73 Å². The second kappa shape index (κ2) is 6.49. The summed E-state index contributed by atoms with van der Waals surface area (Å²) in [6, 6.07) is 13.9. The highest BCUT2D eigenvalue weighted by Crippen LogP contribution is 2.16. The normalized spacial score (nSPS) is 10.6. The third-order valence-corrected chi connectivity index (χ3v) is 3.69. The monoisotopic (exact) mass is 267 g/mol. The van der Waals surface area contributed by atoms with Gasteiger partial charge in [-0.15, -0.1) is 0 Å². The number of ketones is 1. The molecule has 0 atom stereocenters. The zero-order chi connectivity index (χ0) is 14.5. The first-order chi connectivity index (χ1) is 9.61. The average molecular weight is 267 g/mol. The third-order valence-electron chi connectivity index (χ3n) is 3.69. The number of hydrogen-bond acceptors (Lipinski definition) is 2. The van der Waals surface area contributed by atoms with Gasteiger partial charge in [0.15, 0.2) is 5.78 Å². The SMILES string of the molecule is Cc1cccc(C)c1CC(=O)c1ccc(CCN)cc1. The highest BCUT2D eigenvalue weighted by molar-refractivity contribution is 5.97. The molecule has 0 unspecified atom stereocenters. The molecule has 2 nitrogen and oxygen atoms in total. The lowest BCUT2D eigenvalue weighted by molar-refractivity contribution is 0.0992. The maximum absolute atomic E-state index is 12.4. The Kier molecular flexibility index (Phi) is 4.70. The molecule has 2 rings (SSSR count). The zero-order valence-corrected chi connectivity index (χ0v) is 12.1. The molecule has 0 amide bonds. The van der Waals surface area contributed by atoms with Gasteiger partial charge in [-0.1, -0.05) is 42.5 Å². The molecule has 0 saturated heterocycles. The molecule has 0 saturated carbocycles. The minimum Gasteiger partial charge on any atom is -0.330 e. The summed E-state index contributed by atoms with van der Waals surface area (Å²) in [7, 11) is 0. The van der Waals surface area contributed by atoms with Crippen molar-refractivity contribution in [3.05, 3.63) is 70.3 Å². The van der Waals surface area contributed by atoms with E-state index in [1.807, 2.05) is 30.3 Å². The van der Waals surface area contributed by atoms with Crippen molar-refractivity contribution in [2.24, 2.45) is 5.73 Å². The number of hydrogen-bond donors (Lipinski definition) is 1. The van der Waals surface area contributed by atoms with Gasteiger partial charge in [0.05, 0.1) is 0 Å². The molecule has 20 heavy (non-hydrogen) atoms. The molecule has 104 valence electrons. The molecule has 0 aliphatic rings. The number of nitrogens with two attached hydrogens (primary N) is 1. The van der Waals surface area contributed by atoms with Gasteiger partial charge in [0.25, 0.3) is 0 Å². The number of rotatable bonds is 5. The fourth-order valence-corrected chi connectivity index (χ4v) is 2.41. The Morgan fingerprint density at radius 2 is 1.60 bits per heavy atom. The van der Waals surface area contributed by atoms with Gasteiger partial charge in [0.2, 0.25) is 0 Å². The molecule has 0 radical (unpaired) electrons. The number of aryl methyl sites for hydroxylation is 2. The maximum atomic E-state index is 12.4. The van der Waals surface area contributed by atoms with E-state index in [4.69, 9.17) is 5.73 Å². The molecule has 0 spiro atoms.